The van der Waals surface area contributed by atoms with Crippen LogP contribution in [-0.4, -0.2) is 20.4 Å². The lowest BCUT2D eigenvalue weighted by atomic mass is 9.33. The van der Waals surface area contributed by atoms with Gasteiger partial charge in [-0.1, -0.05) is 227 Å². The van der Waals surface area contributed by atoms with E-state index in [4.69, 9.17) is 18.1 Å². The molecule has 95 heavy (non-hydrogen) atoms. The number of para-hydroxylation sites is 8. The van der Waals surface area contributed by atoms with E-state index in [1.165, 1.54) is 13.7 Å². The summed E-state index contributed by atoms with van der Waals surface area (Å²) >= 11 is 0. The summed E-state index contributed by atoms with van der Waals surface area (Å²) in [6.07, 6.45) is 0. The van der Waals surface area contributed by atoms with Crippen LogP contribution in [0.4, 0.5) is 34.1 Å². The normalized spacial score (nSPS) is 16.5. The zero-order chi connectivity index (χ0) is 83.7. The maximum Gasteiger partial charge on any atom is 0.252 e. The Morgan fingerprint density at radius 2 is 0.695 bits per heavy atom. The van der Waals surface area contributed by atoms with Crippen LogP contribution in [-0.2, 0) is 5.41 Å². The summed E-state index contributed by atoms with van der Waals surface area (Å²) in [6.45, 7) is 5.33. The second-order valence-electron chi connectivity index (χ2n) is 25.0. The third-order valence-corrected chi connectivity index (χ3v) is 18.9. The molecule has 6 heterocycles. The van der Waals surface area contributed by atoms with Crippen LogP contribution in [0, 0.1) is 0 Å². The van der Waals surface area contributed by atoms with E-state index in [9.17, 15) is 19.2 Å². The van der Waals surface area contributed by atoms with Gasteiger partial charge in [0.05, 0.1) is 77.4 Å². The maximum absolute atomic E-state index is 9.75. The van der Waals surface area contributed by atoms with Crippen molar-refractivity contribution in [1.29, 1.82) is 0 Å². The third kappa shape index (κ3) is 7.87. The summed E-state index contributed by atoms with van der Waals surface area (Å²) in [4.78, 5) is 4.16. The molecule has 0 N–H and O–H groups in total. The molecule has 0 saturated carbocycles. The molecule has 18 aromatic rings. The molecule has 0 saturated heterocycles. The Bertz CT molecular complexity index is 7450. The lowest BCUT2D eigenvalue weighted by molar-refractivity contribution is 0.590. The Kier molecular flexibility index (Phi) is 7.47. The highest BCUT2D eigenvalue weighted by atomic mass is 16.3. The molecule has 0 bridgehead atoms. The third-order valence-electron chi connectivity index (χ3n) is 18.9. The average Bonchev–Trinajstić information content (AvgIpc) is 1.69. The van der Waals surface area contributed by atoms with Gasteiger partial charge in [0.1, 0.15) is 0 Å². The molecule has 0 amide bonds. The molecule has 2 aliphatic rings. The molecule has 2 aliphatic heterocycles. The van der Waals surface area contributed by atoms with Gasteiger partial charge in [-0.3, -0.25) is 0 Å². The van der Waals surface area contributed by atoms with Crippen LogP contribution in [0.2, 0.25) is 0 Å². The molecule has 0 atom stereocenters. The number of hydrogen-bond acceptors (Lipinski definition) is 3. The highest BCUT2D eigenvalue weighted by Gasteiger charge is 2.45. The van der Waals surface area contributed by atoms with Gasteiger partial charge in [0, 0.05) is 82.9 Å². The largest absolute Gasteiger partial charge is 0.452 e. The molecule has 446 valence electrons. The lowest BCUT2D eigenvalue weighted by Crippen LogP contribution is -2.61. The zero-order valence-electron chi connectivity index (χ0n) is 74.8. The molecule has 7 heteroatoms. The Hall–Kier alpha value is -12.1. The SMILES string of the molecule is [2H]c1c([2H])c([2H])c2c(c1[2H])c1c([2H])c([2H])c([2H])c([2H])c1n2-c1ccc2c(c1)N(c1cc(-c3ccccc3)cc(-c3ccccc3)c1)c1cc(C(C)(C)C)cc3c1B2c1ccc(-n2c4c([2H])c([2H])c([2H])c([2H])c4c4c([2H])c([2H])c([2H])c([2H])c42)cc1N3c1cccc2c1oc1c(-n3c4c([2H])c([2H])c([2H])c([2H])c4c4c([2H])c([2H])c([2H])c([2H])c43)cccc12. The predicted octanol–water partition coefficient (Wildman–Crippen LogP) is 21.6. The first-order valence-electron chi connectivity index (χ1n) is 43.1. The van der Waals surface area contributed by atoms with Gasteiger partial charge in [-0.15, -0.1) is 0 Å². The molecule has 0 fully saturated rings. The molecule has 4 aromatic heterocycles. The van der Waals surface area contributed by atoms with E-state index >= 15 is 0 Å². The number of fused-ring (bicyclic) bond motifs is 16. The zero-order valence-corrected chi connectivity index (χ0v) is 50.8. The van der Waals surface area contributed by atoms with Crippen LogP contribution in [0.15, 0.2) is 313 Å². The summed E-state index contributed by atoms with van der Waals surface area (Å²) in [6, 6.07) is 38.1. The summed E-state index contributed by atoms with van der Waals surface area (Å²) < 4.78 is 235. The van der Waals surface area contributed by atoms with E-state index < -0.39 is 157 Å². The molecule has 6 nitrogen and oxygen atoms in total. The second-order valence-corrected chi connectivity index (χ2v) is 25.0. The van der Waals surface area contributed by atoms with Gasteiger partial charge in [-0.05, 0) is 153 Å². The minimum absolute atomic E-state index is 0.107. The van der Waals surface area contributed by atoms with E-state index in [2.05, 4.69) is 56.0 Å². The number of nitrogens with zero attached hydrogens (tertiary/aromatic N) is 5. The molecule has 0 unspecified atom stereocenters. The molecule has 14 aromatic carbocycles. The predicted molar refractivity (Wildman–Crippen MR) is 400 cm³/mol. The Morgan fingerprint density at radius 1 is 0.305 bits per heavy atom. The van der Waals surface area contributed by atoms with Gasteiger partial charge in [-0.2, -0.15) is 0 Å². The van der Waals surface area contributed by atoms with E-state index in [1.807, 2.05) is 102 Å². The monoisotopic (exact) mass is 1240 g/mol. The van der Waals surface area contributed by atoms with Gasteiger partial charge in [-0.25, -0.2) is 0 Å². The van der Waals surface area contributed by atoms with E-state index in [1.54, 1.807) is 36.4 Å². The van der Waals surface area contributed by atoms with E-state index in [0.29, 0.717) is 61.3 Å². The van der Waals surface area contributed by atoms with Crippen LogP contribution in [0.1, 0.15) is 59.2 Å². The van der Waals surface area contributed by atoms with Gasteiger partial charge in [0.2, 0.25) is 0 Å². The van der Waals surface area contributed by atoms with Gasteiger partial charge >= 0.3 is 0 Å². The second kappa shape index (κ2) is 20.2. The minimum atomic E-state index is -0.864. The number of furan rings is 1. The van der Waals surface area contributed by atoms with Crippen molar-refractivity contribution in [3.63, 3.8) is 0 Å². The van der Waals surface area contributed by atoms with Crippen molar-refractivity contribution in [2.45, 2.75) is 26.2 Å². The van der Waals surface area contributed by atoms with Crippen molar-refractivity contribution >= 4 is 145 Å². The quantitative estimate of drug-likeness (QED) is 0.149. The number of benzene rings is 14. The molecule has 20 rings (SSSR count). The fourth-order valence-corrected chi connectivity index (χ4v) is 14.7. The highest BCUT2D eigenvalue weighted by Crippen LogP contribution is 2.51. The first kappa shape index (κ1) is 35.1. The van der Waals surface area contributed by atoms with Crippen molar-refractivity contribution < 1.29 is 37.3 Å². The summed E-state index contributed by atoms with van der Waals surface area (Å²) in [5.74, 6) is 0. The summed E-state index contributed by atoms with van der Waals surface area (Å²) in [7, 11) is 0. The minimum Gasteiger partial charge on any atom is -0.452 e. The van der Waals surface area contributed by atoms with Crippen molar-refractivity contribution in [3.05, 3.63) is 314 Å². The summed E-state index contributed by atoms with van der Waals surface area (Å²) in [5, 5.41) is 0.116. The van der Waals surface area contributed by atoms with E-state index in [-0.39, 0.29) is 93.6 Å². The fraction of sp³-hybridized carbons (Fsp3) is 0.0455. The molecule has 0 aliphatic carbocycles. The Morgan fingerprint density at radius 3 is 1.14 bits per heavy atom. The number of hydrogen-bond donors (Lipinski definition) is 0. The maximum atomic E-state index is 9.75. The van der Waals surface area contributed by atoms with Crippen molar-refractivity contribution in [2.75, 3.05) is 9.80 Å². The topological polar surface area (TPSA) is 34.4 Å². The average molecular weight is 1240 g/mol. The first-order chi connectivity index (χ1) is 56.7. The molecular formula is C88H60BN5O. The molecule has 0 radical (unpaired) electrons. The fourth-order valence-electron chi connectivity index (χ4n) is 14.7. The van der Waals surface area contributed by atoms with Gasteiger partial charge in [0.15, 0.2) is 11.2 Å². The Balaban J connectivity index is 0.953. The first-order valence-corrected chi connectivity index (χ1v) is 31.1. The van der Waals surface area contributed by atoms with Gasteiger partial charge < -0.3 is 27.9 Å². The Labute approximate surface area is 583 Å². The van der Waals surface area contributed by atoms with Gasteiger partial charge in [0.25, 0.3) is 6.71 Å². The number of aromatic nitrogens is 3. The number of anilines is 6. The van der Waals surface area contributed by atoms with E-state index in [0.717, 1.165) is 27.8 Å². The van der Waals surface area contributed by atoms with Crippen LogP contribution in [0.3, 0.4) is 0 Å². The standard InChI is InChI=1S/C88H60BN5O/c1-88(2,3)59-51-83-85-84(52-59)94(80-43-23-35-70-69-34-22-42-79(86(69)95-87(70)80)93-77-40-20-14-32-67(77)68-33-15-21-41-78(68)93)82-54-61(91-75-38-18-12-30-65(75)66-31-13-19-39-76(66)91)45-47-72(82)89(85)71-46-44-60(90-73-36-16-10-28-63(73)64-29-11-17-37-74(64)90)53-81(71)92(83)62-49-57(55-24-6-4-7-25-55)48-58(50-62)56-26-8-5-9-27-56/h4-54H,1-3H3/i10D,11D,12D,13D,14D,15D,16D,17D,18D,19D,20D,21D,28D,29D,30D,31D,32D,33D,36D,37D,38D,39D,40D,41D. The summed E-state index contributed by atoms with van der Waals surface area (Å²) in [5.41, 5.74) is 8.51. The van der Waals surface area contributed by atoms with Crippen LogP contribution >= 0.6 is 0 Å². The lowest BCUT2D eigenvalue weighted by Gasteiger charge is -2.45. The molecular weight excluding hydrogens is 1150 g/mol. The van der Waals surface area contributed by atoms with Crippen LogP contribution in [0.5, 0.6) is 0 Å². The van der Waals surface area contributed by atoms with Crippen molar-refractivity contribution in [2.24, 2.45) is 0 Å². The van der Waals surface area contributed by atoms with Crippen LogP contribution in [0.25, 0.3) is 127 Å². The smallest absolute Gasteiger partial charge is 0.252 e. The molecule has 0 spiro atoms. The highest BCUT2D eigenvalue weighted by molar-refractivity contribution is 7.00. The van der Waals surface area contributed by atoms with Crippen LogP contribution < -0.4 is 26.2 Å². The van der Waals surface area contributed by atoms with Crippen molar-refractivity contribution in [1.82, 2.24) is 13.7 Å². The number of rotatable bonds is 7. The van der Waals surface area contributed by atoms with Crippen molar-refractivity contribution in [3.8, 4) is 39.3 Å².